The van der Waals surface area contributed by atoms with Crippen LogP contribution in [0.5, 0.6) is 0 Å². The fourth-order valence-corrected chi connectivity index (χ4v) is 3.31. The van der Waals surface area contributed by atoms with Crippen LogP contribution >= 0.6 is 0 Å². The number of carbonyl (C=O) groups excluding carboxylic acids is 2. The molecule has 0 saturated heterocycles. The molecule has 31 heavy (non-hydrogen) atoms. The SMILES string of the molecule is Cc1ccc(CC(=O)O[C@@H](C)C(=O)Nc2c(C)n(C)n(-c3ccccc3)c2=O)cc1C. The predicted octanol–water partition coefficient (Wildman–Crippen LogP) is 3.21. The topological polar surface area (TPSA) is 82.3 Å². The Kier molecular flexibility index (Phi) is 6.44. The van der Waals surface area contributed by atoms with Gasteiger partial charge in [-0.3, -0.25) is 19.1 Å². The summed E-state index contributed by atoms with van der Waals surface area (Å²) in [4.78, 5) is 37.8. The largest absolute Gasteiger partial charge is 0.452 e. The number of aryl methyl sites for hydroxylation is 2. The van der Waals surface area contributed by atoms with Gasteiger partial charge in [0.15, 0.2) is 6.10 Å². The van der Waals surface area contributed by atoms with Crippen molar-refractivity contribution < 1.29 is 14.3 Å². The molecular formula is C24H27N3O4. The minimum Gasteiger partial charge on any atom is -0.452 e. The number of hydrogen-bond donors (Lipinski definition) is 1. The summed E-state index contributed by atoms with van der Waals surface area (Å²) in [6.07, 6.45) is -0.965. The van der Waals surface area contributed by atoms with E-state index in [1.54, 1.807) is 18.7 Å². The van der Waals surface area contributed by atoms with Gasteiger partial charge in [0.1, 0.15) is 5.69 Å². The second-order valence-corrected chi connectivity index (χ2v) is 7.65. The van der Waals surface area contributed by atoms with Crippen LogP contribution in [0.4, 0.5) is 5.69 Å². The van der Waals surface area contributed by atoms with Gasteiger partial charge in [0.25, 0.3) is 11.5 Å². The maximum absolute atomic E-state index is 12.9. The van der Waals surface area contributed by atoms with Crippen LogP contribution in [0.2, 0.25) is 0 Å². The Labute approximate surface area is 181 Å². The van der Waals surface area contributed by atoms with Crippen molar-refractivity contribution in [2.75, 3.05) is 5.32 Å². The number of amides is 1. The maximum atomic E-state index is 12.9. The van der Waals surface area contributed by atoms with Crippen molar-refractivity contribution in [3.63, 3.8) is 0 Å². The molecule has 1 amide bonds. The molecule has 0 spiro atoms. The molecule has 3 rings (SSSR count). The number of nitrogens with zero attached hydrogens (tertiary/aromatic N) is 2. The Hall–Kier alpha value is -3.61. The van der Waals surface area contributed by atoms with Gasteiger partial charge in [-0.2, -0.15) is 0 Å². The van der Waals surface area contributed by atoms with Crippen LogP contribution in [0.15, 0.2) is 53.3 Å². The van der Waals surface area contributed by atoms with E-state index in [-0.39, 0.29) is 17.7 Å². The average molecular weight is 421 g/mol. The Morgan fingerprint density at radius 3 is 2.35 bits per heavy atom. The Morgan fingerprint density at radius 1 is 1.03 bits per heavy atom. The van der Waals surface area contributed by atoms with E-state index in [0.29, 0.717) is 11.4 Å². The molecule has 1 aromatic heterocycles. The molecule has 1 atom stereocenters. The predicted molar refractivity (Wildman–Crippen MR) is 120 cm³/mol. The lowest BCUT2D eigenvalue weighted by Gasteiger charge is -2.13. The number of rotatable bonds is 6. The standard InChI is InChI=1S/C24H27N3O4/c1-15-11-12-19(13-16(15)2)14-21(28)31-18(4)23(29)25-22-17(3)26(5)27(24(22)30)20-9-7-6-8-10-20/h6-13,18H,14H2,1-5H3,(H,25,29)/t18-/m0/s1. The summed E-state index contributed by atoms with van der Waals surface area (Å²) in [6.45, 7) is 7.21. The summed E-state index contributed by atoms with van der Waals surface area (Å²) in [5.74, 6) is -1.06. The molecule has 1 N–H and O–H groups in total. The highest BCUT2D eigenvalue weighted by Gasteiger charge is 2.23. The lowest BCUT2D eigenvalue weighted by molar-refractivity contribution is -0.152. The van der Waals surface area contributed by atoms with Crippen LogP contribution < -0.4 is 10.9 Å². The summed E-state index contributed by atoms with van der Waals surface area (Å²) < 4.78 is 8.44. The zero-order chi connectivity index (χ0) is 22.7. The van der Waals surface area contributed by atoms with E-state index in [9.17, 15) is 14.4 Å². The zero-order valence-corrected chi connectivity index (χ0v) is 18.4. The molecule has 0 aliphatic heterocycles. The van der Waals surface area contributed by atoms with Crippen LogP contribution in [0, 0.1) is 20.8 Å². The van der Waals surface area contributed by atoms with Crippen molar-refractivity contribution in [3.8, 4) is 5.69 Å². The lowest BCUT2D eigenvalue weighted by Crippen LogP contribution is -2.32. The highest BCUT2D eigenvalue weighted by molar-refractivity contribution is 5.95. The van der Waals surface area contributed by atoms with Crippen molar-refractivity contribution in [3.05, 3.63) is 81.3 Å². The second-order valence-electron chi connectivity index (χ2n) is 7.65. The summed E-state index contributed by atoms with van der Waals surface area (Å²) in [5.41, 5.74) is 4.14. The third kappa shape index (κ3) is 4.77. The van der Waals surface area contributed by atoms with Crippen molar-refractivity contribution in [2.45, 2.75) is 40.2 Å². The highest BCUT2D eigenvalue weighted by atomic mass is 16.5. The van der Waals surface area contributed by atoms with Crippen LogP contribution in [0.1, 0.15) is 29.3 Å². The van der Waals surface area contributed by atoms with E-state index in [0.717, 1.165) is 16.7 Å². The maximum Gasteiger partial charge on any atom is 0.311 e. The van der Waals surface area contributed by atoms with Gasteiger partial charge in [-0.15, -0.1) is 0 Å². The van der Waals surface area contributed by atoms with Crippen LogP contribution in [0.25, 0.3) is 5.69 Å². The van der Waals surface area contributed by atoms with Gasteiger partial charge >= 0.3 is 5.97 Å². The molecular weight excluding hydrogens is 394 g/mol. The fourth-order valence-electron chi connectivity index (χ4n) is 3.31. The number of benzene rings is 2. The molecule has 7 nitrogen and oxygen atoms in total. The lowest BCUT2D eigenvalue weighted by atomic mass is 10.0. The van der Waals surface area contributed by atoms with Crippen LogP contribution in [0.3, 0.4) is 0 Å². The van der Waals surface area contributed by atoms with Crippen molar-refractivity contribution in [1.29, 1.82) is 0 Å². The van der Waals surface area contributed by atoms with Crippen LogP contribution in [-0.2, 0) is 27.8 Å². The van der Waals surface area contributed by atoms with E-state index in [4.69, 9.17) is 4.74 Å². The number of ether oxygens (including phenoxy) is 1. The minimum absolute atomic E-state index is 0.0733. The Balaban J connectivity index is 1.70. The molecule has 7 heteroatoms. The molecule has 0 aliphatic carbocycles. The van der Waals surface area contributed by atoms with Crippen LogP contribution in [-0.4, -0.2) is 27.3 Å². The molecule has 162 valence electrons. The van der Waals surface area contributed by atoms with Gasteiger partial charge < -0.3 is 10.1 Å². The quantitative estimate of drug-likeness (QED) is 0.620. The zero-order valence-electron chi connectivity index (χ0n) is 18.4. The van der Waals surface area contributed by atoms with Gasteiger partial charge in [-0.05, 0) is 56.5 Å². The number of esters is 1. The van der Waals surface area contributed by atoms with E-state index in [1.807, 2.05) is 62.4 Å². The highest BCUT2D eigenvalue weighted by Crippen LogP contribution is 2.15. The Morgan fingerprint density at radius 2 is 1.71 bits per heavy atom. The Bertz CT molecular complexity index is 1180. The first-order valence-corrected chi connectivity index (χ1v) is 10.1. The van der Waals surface area contributed by atoms with Crippen molar-refractivity contribution in [1.82, 2.24) is 9.36 Å². The van der Waals surface area contributed by atoms with Gasteiger partial charge in [0.05, 0.1) is 17.8 Å². The smallest absolute Gasteiger partial charge is 0.311 e. The molecule has 2 aromatic carbocycles. The third-order valence-electron chi connectivity index (χ3n) is 5.40. The summed E-state index contributed by atoms with van der Waals surface area (Å²) >= 11 is 0. The van der Waals surface area contributed by atoms with Gasteiger partial charge in [-0.1, -0.05) is 36.4 Å². The van der Waals surface area contributed by atoms with E-state index >= 15 is 0 Å². The second kappa shape index (κ2) is 9.04. The summed E-state index contributed by atoms with van der Waals surface area (Å²) in [6, 6.07) is 14.9. The number of hydrogen-bond acceptors (Lipinski definition) is 4. The first kappa shape index (κ1) is 22.1. The van der Waals surface area contributed by atoms with Crippen molar-refractivity contribution in [2.24, 2.45) is 7.05 Å². The molecule has 0 bridgehead atoms. The normalized spacial score (nSPS) is 11.8. The number of anilines is 1. The van der Waals surface area contributed by atoms with Crippen molar-refractivity contribution >= 4 is 17.6 Å². The monoisotopic (exact) mass is 421 g/mol. The van der Waals surface area contributed by atoms with E-state index in [1.165, 1.54) is 11.6 Å². The number of aromatic nitrogens is 2. The fraction of sp³-hybridized carbons (Fsp3) is 0.292. The molecule has 3 aromatic rings. The first-order chi connectivity index (χ1) is 14.7. The average Bonchev–Trinajstić information content (AvgIpc) is 2.94. The number of para-hydroxylation sites is 1. The minimum atomic E-state index is -1.04. The third-order valence-corrected chi connectivity index (χ3v) is 5.40. The molecule has 0 aliphatic rings. The molecule has 1 heterocycles. The number of carbonyl (C=O) groups is 2. The summed E-state index contributed by atoms with van der Waals surface area (Å²) in [7, 11) is 1.74. The summed E-state index contributed by atoms with van der Waals surface area (Å²) in [5, 5.41) is 2.62. The first-order valence-electron chi connectivity index (χ1n) is 10.1. The molecule has 0 fully saturated rings. The van der Waals surface area contributed by atoms with E-state index < -0.39 is 18.0 Å². The molecule has 0 saturated carbocycles. The number of nitrogens with one attached hydrogen (secondary N) is 1. The molecule has 0 unspecified atom stereocenters. The van der Waals surface area contributed by atoms with Gasteiger partial charge in [0, 0.05) is 7.05 Å². The van der Waals surface area contributed by atoms with E-state index in [2.05, 4.69) is 5.32 Å². The molecule has 0 radical (unpaired) electrons. The van der Waals surface area contributed by atoms with Gasteiger partial charge in [0.2, 0.25) is 0 Å². The van der Waals surface area contributed by atoms with Gasteiger partial charge in [-0.25, -0.2) is 4.68 Å².